The minimum atomic E-state index is -1.25. The molecule has 0 heterocycles. The van der Waals surface area contributed by atoms with Gasteiger partial charge in [-0.1, -0.05) is 6.92 Å². The van der Waals surface area contributed by atoms with Crippen LogP contribution in [0.4, 0.5) is 0 Å². The van der Waals surface area contributed by atoms with Crippen LogP contribution in [0.3, 0.4) is 0 Å². The topological polar surface area (TPSA) is 40.1 Å². The van der Waals surface area contributed by atoms with Crippen molar-refractivity contribution < 1.29 is 9.35 Å². The standard InChI is InChI=1S/C4H8O2S/c1-3-4(5)7(2)6/h3H2,1-2H3. The van der Waals surface area contributed by atoms with Gasteiger partial charge in [-0.3, -0.25) is 0 Å². The Morgan fingerprint density at radius 3 is 2.29 bits per heavy atom. The van der Waals surface area contributed by atoms with Gasteiger partial charge in [0.2, 0.25) is 0 Å². The van der Waals surface area contributed by atoms with Crippen LogP contribution in [-0.4, -0.2) is 15.9 Å². The summed E-state index contributed by atoms with van der Waals surface area (Å²) in [4.78, 5) is 10.2. The predicted octanol–water partition coefficient (Wildman–Crippen LogP) is 0.301. The molecule has 0 aliphatic heterocycles. The lowest BCUT2D eigenvalue weighted by atomic mass is 10.6. The number of carbonyl (C=O) groups excluding carboxylic acids is 1. The van der Waals surface area contributed by atoms with Crippen LogP contribution in [-0.2, 0) is 16.0 Å². The van der Waals surface area contributed by atoms with Gasteiger partial charge in [-0.2, -0.15) is 0 Å². The van der Waals surface area contributed by atoms with E-state index in [1.165, 1.54) is 6.26 Å². The molecule has 42 valence electrons. The van der Waals surface area contributed by atoms with Gasteiger partial charge in [-0.05, 0) is 0 Å². The molecule has 0 rings (SSSR count). The average molecular weight is 120 g/mol. The van der Waals surface area contributed by atoms with E-state index in [2.05, 4.69) is 0 Å². The van der Waals surface area contributed by atoms with Gasteiger partial charge in [0.1, 0.15) is 6.26 Å². The molecule has 0 aromatic carbocycles. The molecule has 0 spiro atoms. The Morgan fingerprint density at radius 2 is 2.29 bits per heavy atom. The summed E-state index contributed by atoms with van der Waals surface area (Å²) in [7, 11) is 0. The molecule has 1 atom stereocenters. The van der Waals surface area contributed by atoms with Crippen LogP contribution in [0.1, 0.15) is 13.3 Å². The maximum absolute atomic E-state index is 10.2. The Balaban J connectivity index is 3.35. The number of hydrogen-bond acceptors (Lipinski definition) is 2. The predicted molar refractivity (Wildman–Crippen MR) is 29.4 cm³/mol. The smallest absolute Gasteiger partial charge is 0.328 e. The zero-order valence-electron chi connectivity index (χ0n) is 4.43. The molecule has 0 aromatic heterocycles. The molecule has 0 N–H and O–H groups in total. The largest absolute Gasteiger partial charge is 0.609 e. The van der Waals surface area contributed by atoms with Gasteiger partial charge in [0.05, 0.1) is 6.42 Å². The van der Waals surface area contributed by atoms with Gasteiger partial charge >= 0.3 is 5.12 Å². The van der Waals surface area contributed by atoms with Crippen LogP contribution in [0.25, 0.3) is 0 Å². The third-order valence-corrected chi connectivity index (χ3v) is 1.54. The van der Waals surface area contributed by atoms with Crippen molar-refractivity contribution in [1.82, 2.24) is 0 Å². The summed E-state index contributed by atoms with van der Waals surface area (Å²) in [6.07, 6.45) is 1.77. The van der Waals surface area contributed by atoms with Crippen molar-refractivity contribution in [3.05, 3.63) is 0 Å². The third-order valence-electron chi connectivity index (χ3n) is 0.609. The van der Waals surface area contributed by atoms with Crippen LogP contribution in [0, 0.1) is 0 Å². The SMILES string of the molecule is CCC(=O)[S+](C)[O-]. The summed E-state index contributed by atoms with van der Waals surface area (Å²) in [5.74, 6) is 0. The number of hydrogen-bond donors (Lipinski definition) is 0. The van der Waals surface area contributed by atoms with E-state index >= 15 is 0 Å². The van der Waals surface area contributed by atoms with Crippen LogP contribution < -0.4 is 0 Å². The molecule has 0 saturated heterocycles. The first-order chi connectivity index (χ1) is 3.18. The van der Waals surface area contributed by atoms with Gasteiger partial charge in [0.15, 0.2) is 0 Å². The highest BCUT2D eigenvalue weighted by atomic mass is 32.2. The molecule has 0 radical (unpaired) electrons. The highest BCUT2D eigenvalue weighted by molar-refractivity contribution is 8.05. The third kappa shape index (κ3) is 2.65. The van der Waals surface area contributed by atoms with Crippen LogP contribution in [0.5, 0.6) is 0 Å². The summed E-state index contributed by atoms with van der Waals surface area (Å²) in [6.45, 7) is 1.70. The van der Waals surface area contributed by atoms with Crippen LogP contribution >= 0.6 is 0 Å². The fourth-order valence-corrected chi connectivity index (χ4v) is 0.610. The first kappa shape index (κ1) is 6.98. The van der Waals surface area contributed by atoms with Crippen molar-refractivity contribution in [3.63, 3.8) is 0 Å². The maximum atomic E-state index is 10.2. The molecule has 0 amide bonds. The van der Waals surface area contributed by atoms with Gasteiger partial charge < -0.3 is 4.55 Å². The maximum Gasteiger partial charge on any atom is 0.328 e. The molecular weight excluding hydrogens is 112 g/mol. The Bertz CT molecular complexity index is 70.1. The lowest BCUT2D eigenvalue weighted by molar-refractivity contribution is -0.111. The van der Waals surface area contributed by atoms with Gasteiger partial charge in [-0.15, -0.1) is 0 Å². The van der Waals surface area contributed by atoms with Crippen molar-refractivity contribution in [3.8, 4) is 0 Å². The fraction of sp³-hybridized carbons (Fsp3) is 0.750. The second-order valence-electron chi connectivity index (χ2n) is 1.18. The molecule has 0 aliphatic rings. The van der Waals surface area contributed by atoms with Crippen LogP contribution in [0.15, 0.2) is 0 Å². The highest BCUT2D eigenvalue weighted by Crippen LogP contribution is 1.88. The second-order valence-corrected chi connectivity index (χ2v) is 2.54. The molecule has 0 aliphatic carbocycles. The van der Waals surface area contributed by atoms with E-state index in [1.807, 2.05) is 0 Å². The Kier molecular flexibility index (Phi) is 3.04. The van der Waals surface area contributed by atoms with E-state index in [-0.39, 0.29) is 5.12 Å². The van der Waals surface area contributed by atoms with Crippen molar-refractivity contribution >= 4 is 16.3 Å². The molecule has 0 fully saturated rings. The molecule has 2 nitrogen and oxygen atoms in total. The Hall–Kier alpha value is -0.0200. The Morgan fingerprint density at radius 1 is 1.86 bits per heavy atom. The first-order valence-corrected chi connectivity index (χ1v) is 3.60. The van der Waals surface area contributed by atoms with Crippen molar-refractivity contribution in [1.29, 1.82) is 0 Å². The van der Waals surface area contributed by atoms with E-state index in [0.717, 1.165) is 0 Å². The summed E-state index contributed by atoms with van der Waals surface area (Å²) in [5, 5.41) is -0.181. The average Bonchev–Trinajstić information content (AvgIpc) is 1.65. The van der Waals surface area contributed by atoms with Gasteiger partial charge in [0, 0.05) is 11.2 Å². The number of rotatable bonds is 1. The minimum Gasteiger partial charge on any atom is -0.609 e. The lowest BCUT2D eigenvalue weighted by Gasteiger charge is -1.96. The second kappa shape index (κ2) is 3.04. The van der Waals surface area contributed by atoms with Crippen molar-refractivity contribution in [2.75, 3.05) is 6.26 Å². The summed E-state index contributed by atoms with van der Waals surface area (Å²) >= 11 is -1.25. The Labute approximate surface area is 46.1 Å². The number of carbonyl (C=O) groups is 1. The van der Waals surface area contributed by atoms with E-state index in [1.54, 1.807) is 6.92 Å². The fourth-order valence-electron chi connectivity index (χ4n) is 0.203. The van der Waals surface area contributed by atoms with E-state index < -0.39 is 11.2 Å². The monoisotopic (exact) mass is 120 g/mol. The molecule has 0 aromatic rings. The van der Waals surface area contributed by atoms with E-state index in [9.17, 15) is 9.35 Å². The van der Waals surface area contributed by atoms with Crippen LogP contribution in [0.2, 0.25) is 0 Å². The first-order valence-electron chi connectivity index (χ1n) is 2.04. The lowest BCUT2D eigenvalue weighted by Crippen LogP contribution is -2.09. The molecule has 1 unspecified atom stereocenters. The molecule has 3 heteroatoms. The minimum absolute atomic E-state index is 0.181. The summed E-state index contributed by atoms with van der Waals surface area (Å²) in [5.41, 5.74) is 0. The zero-order valence-corrected chi connectivity index (χ0v) is 5.25. The van der Waals surface area contributed by atoms with Gasteiger partial charge in [0.25, 0.3) is 0 Å². The van der Waals surface area contributed by atoms with Gasteiger partial charge in [-0.25, -0.2) is 4.79 Å². The summed E-state index contributed by atoms with van der Waals surface area (Å²) < 4.78 is 10.1. The normalized spacial score (nSPS) is 13.6. The quantitative estimate of drug-likeness (QED) is 0.467. The van der Waals surface area contributed by atoms with Crippen molar-refractivity contribution in [2.45, 2.75) is 13.3 Å². The van der Waals surface area contributed by atoms with E-state index in [0.29, 0.717) is 6.42 Å². The van der Waals surface area contributed by atoms with Crippen molar-refractivity contribution in [2.24, 2.45) is 0 Å². The summed E-state index contributed by atoms with van der Waals surface area (Å²) in [6, 6.07) is 0. The molecular formula is C4H8O2S. The van der Waals surface area contributed by atoms with E-state index in [4.69, 9.17) is 0 Å². The zero-order chi connectivity index (χ0) is 5.86. The molecule has 0 saturated carbocycles. The highest BCUT2D eigenvalue weighted by Gasteiger charge is 2.06. The molecule has 7 heavy (non-hydrogen) atoms. The molecule has 0 bridgehead atoms.